The number of allylic oxidation sites excluding steroid dienone is 1. The zero-order valence-corrected chi connectivity index (χ0v) is 18.7. The summed E-state index contributed by atoms with van der Waals surface area (Å²) in [5, 5.41) is 19.2. The molecule has 3 aromatic carbocycles. The Morgan fingerprint density at radius 1 is 0.970 bits per heavy atom. The van der Waals surface area contributed by atoms with Crippen molar-refractivity contribution in [3.63, 3.8) is 0 Å². The lowest BCUT2D eigenvalue weighted by molar-refractivity contribution is -0.385. The van der Waals surface area contributed by atoms with Crippen molar-refractivity contribution in [2.45, 2.75) is 31.7 Å². The predicted octanol–water partition coefficient (Wildman–Crippen LogP) is 6.54. The lowest BCUT2D eigenvalue weighted by Gasteiger charge is -2.30. The quantitative estimate of drug-likeness (QED) is 0.343. The van der Waals surface area contributed by atoms with Gasteiger partial charge in [0.15, 0.2) is 5.78 Å². The van der Waals surface area contributed by atoms with Crippen LogP contribution >= 0.6 is 11.6 Å². The highest BCUT2D eigenvalue weighted by Gasteiger charge is 2.36. The fourth-order valence-corrected chi connectivity index (χ4v) is 4.84. The van der Waals surface area contributed by atoms with Gasteiger partial charge in [0.05, 0.1) is 22.3 Å². The van der Waals surface area contributed by atoms with Gasteiger partial charge in [0, 0.05) is 34.3 Å². The summed E-state index contributed by atoms with van der Waals surface area (Å²) in [6.07, 6.45) is 1.02. The molecule has 166 valence electrons. The van der Waals surface area contributed by atoms with Crippen molar-refractivity contribution in [2.24, 2.45) is 0 Å². The molecule has 0 bridgehead atoms. The first-order valence-electron chi connectivity index (χ1n) is 10.8. The van der Waals surface area contributed by atoms with E-state index in [0.717, 1.165) is 22.6 Å². The minimum absolute atomic E-state index is 0.0252. The Hall–Kier alpha value is -3.64. The monoisotopic (exact) mass is 459 g/mol. The van der Waals surface area contributed by atoms with Crippen LogP contribution in [0.2, 0.25) is 5.02 Å². The number of rotatable bonds is 3. The van der Waals surface area contributed by atoms with Crippen molar-refractivity contribution >= 4 is 34.4 Å². The third-order valence-electron chi connectivity index (χ3n) is 6.41. The summed E-state index contributed by atoms with van der Waals surface area (Å²) in [6.45, 7) is 1.71. The number of para-hydroxylation sites is 2. The van der Waals surface area contributed by atoms with Crippen molar-refractivity contribution in [1.29, 1.82) is 0 Å². The maximum atomic E-state index is 13.6. The molecule has 0 fully saturated rings. The van der Waals surface area contributed by atoms with Gasteiger partial charge in [0.2, 0.25) is 0 Å². The predicted molar refractivity (Wildman–Crippen MR) is 130 cm³/mol. The summed E-state index contributed by atoms with van der Waals surface area (Å²) < 4.78 is 0. The van der Waals surface area contributed by atoms with Gasteiger partial charge in [-0.15, -0.1) is 0 Å². The Bertz CT molecular complexity index is 1300. The number of anilines is 2. The van der Waals surface area contributed by atoms with E-state index in [2.05, 4.69) is 10.6 Å². The van der Waals surface area contributed by atoms with Crippen LogP contribution in [0.1, 0.15) is 41.5 Å². The van der Waals surface area contributed by atoms with Gasteiger partial charge in [-0.1, -0.05) is 48.0 Å². The molecule has 0 saturated carbocycles. The van der Waals surface area contributed by atoms with Crippen LogP contribution in [0.25, 0.3) is 0 Å². The molecule has 2 N–H and O–H groups in total. The van der Waals surface area contributed by atoms with Crippen LogP contribution in [0.4, 0.5) is 17.1 Å². The van der Waals surface area contributed by atoms with Crippen LogP contribution in [-0.2, 0) is 4.79 Å². The van der Waals surface area contributed by atoms with E-state index in [9.17, 15) is 14.9 Å². The lowest BCUT2D eigenvalue weighted by Crippen LogP contribution is -2.27. The molecule has 5 rings (SSSR count). The summed E-state index contributed by atoms with van der Waals surface area (Å²) in [7, 11) is 0. The van der Waals surface area contributed by atoms with Crippen molar-refractivity contribution < 1.29 is 9.72 Å². The maximum Gasteiger partial charge on any atom is 0.272 e. The second-order valence-electron chi connectivity index (χ2n) is 8.52. The first kappa shape index (κ1) is 21.2. The fourth-order valence-electron chi connectivity index (χ4n) is 4.72. The van der Waals surface area contributed by atoms with Crippen LogP contribution in [-0.4, -0.2) is 10.7 Å². The molecule has 0 saturated heterocycles. The molecule has 2 atom stereocenters. The summed E-state index contributed by atoms with van der Waals surface area (Å²) in [5.74, 6) is 0.0523. The van der Waals surface area contributed by atoms with Gasteiger partial charge in [-0.05, 0) is 54.7 Å². The van der Waals surface area contributed by atoms with E-state index < -0.39 is 6.04 Å². The van der Waals surface area contributed by atoms with Gasteiger partial charge >= 0.3 is 0 Å². The molecule has 0 unspecified atom stereocenters. The van der Waals surface area contributed by atoms with Gasteiger partial charge in [-0.3, -0.25) is 14.9 Å². The maximum absolute atomic E-state index is 13.6. The van der Waals surface area contributed by atoms with Gasteiger partial charge in [-0.2, -0.15) is 0 Å². The third-order valence-corrected chi connectivity index (χ3v) is 6.67. The van der Waals surface area contributed by atoms with Crippen LogP contribution in [0.3, 0.4) is 0 Å². The van der Waals surface area contributed by atoms with Crippen LogP contribution in [0.15, 0.2) is 78.0 Å². The highest BCUT2D eigenvalue weighted by molar-refractivity contribution is 6.30. The normalized spacial score (nSPS) is 19.6. The number of aryl methyl sites for hydroxylation is 1. The topological polar surface area (TPSA) is 84.3 Å². The number of carbonyl (C=O) groups is 1. The number of nitrogens with zero attached hydrogens (tertiary/aromatic N) is 1. The Morgan fingerprint density at radius 2 is 1.67 bits per heavy atom. The summed E-state index contributed by atoms with van der Waals surface area (Å²) in [6, 6.07) is 20.1. The second-order valence-corrected chi connectivity index (χ2v) is 8.96. The number of carbonyl (C=O) groups excluding carboxylic acids is 1. The Kier molecular flexibility index (Phi) is 5.38. The van der Waals surface area contributed by atoms with Crippen molar-refractivity contribution in [3.8, 4) is 0 Å². The van der Waals surface area contributed by atoms with Gasteiger partial charge in [-0.25, -0.2) is 0 Å². The van der Waals surface area contributed by atoms with E-state index in [4.69, 9.17) is 11.6 Å². The Morgan fingerprint density at radius 3 is 2.39 bits per heavy atom. The molecular weight excluding hydrogens is 438 g/mol. The number of benzene rings is 3. The molecule has 6 nitrogen and oxygen atoms in total. The van der Waals surface area contributed by atoms with Crippen LogP contribution in [0.5, 0.6) is 0 Å². The molecule has 0 radical (unpaired) electrons. The standard InChI is InChI=1S/C26H22ClN3O3/c1-15-6-7-17(13-23(15)30(32)33)26-25-22(28-20-4-2-3-5-21(20)29-26)12-18(14-24(25)31)16-8-10-19(27)11-9-16/h2-11,13,18,26,28-29H,12,14H2,1H3/t18-,26+/m1/s1. The Balaban J connectivity index is 1.62. The number of fused-ring (bicyclic) bond motifs is 1. The first-order chi connectivity index (χ1) is 15.9. The highest BCUT2D eigenvalue weighted by atomic mass is 35.5. The molecule has 33 heavy (non-hydrogen) atoms. The molecular formula is C26H22ClN3O3. The largest absolute Gasteiger partial charge is 0.372 e. The van der Waals surface area contributed by atoms with Gasteiger partial charge in [0.1, 0.15) is 0 Å². The van der Waals surface area contributed by atoms with E-state index in [1.165, 1.54) is 0 Å². The average molecular weight is 460 g/mol. The van der Waals surface area contributed by atoms with Crippen molar-refractivity contribution in [3.05, 3.63) is 110 Å². The number of nitro benzene ring substituents is 1. The van der Waals surface area contributed by atoms with Crippen LogP contribution in [0, 0.1) is 17.0 Å². The highest BCUT2D eigenvalue weighted by Crippen LogP contribution is 2.44. The number of Topliss-reactive ketones (excluding diaryl/α,β-unsaturated/α-hetero) is 1. The van der Waals surface area contributed by atoms with Crippen molar-refractivity contribution in [2.75, 3.05) is 10.6 Å². The van der Waals surface area contributed by atoms with E-state index in [-0.39, 0.29) is 22.3 Å². The van der Waals surface area contributed by atoms with Crippen LogP contribution < -0.4 is 10.6 Å². The van der Waals surface area contributed by atoms with Gasteiger partial charge in [0.25, 0.3) is 5.69 Å². The zero-order chi connectivity index (χ0) is 23.1. The second kappa shape index (κ2) is 8.37. The number of halogens is 1. The van der Waals surface area contributed by atoms with E-state index in [1.54, 1.807) is 19.1 Å². The molecule has 3 aromatic rings. The lowest BCUT2D eigenvalue weighted by atomic mass is 9.78. The zero-order valence-electron chi connectivity index (χ0n) is 18.0. The smallest absolute Gasteiger partial charge is 0.272 e. The minimum atomic E-state index is -0.492. The molecule has 7 heteroatoms. The van der Waals surface area contributed by atoms with E-state index in [0.29, 0.717) is 34.6 Å². The summed E-state index contributed by atoms with van der Waals surface area (Å²) in [5.41, 5.74) is 5.58. The molecule has 1 aliphatic heterocycles. The third kappa shape index (κ3) is 3.98. The SMILES string of the molecule is Cc1ccc([C@@H]2Nc3ccccc3NC3=C2C(=O)C[C@H](c2ccc(Cl)cc2)C3)cc1[N+](=O)[O-]. The summed E-state index contributed by atoms with van der Waals surface area (Å²) in [4.78, 5) is 24.8. The molecule has 2 aliphatic rings. The average Bonchev–Trinajstić information content (AvgIpc) is 2.96. The summed E-state index contributed by atoms with van der Waals surface area (Å²) >= 11 is 6.06. The number of nitrogens with one attached hydrogen (secondary N) is 2. The van der Waals surface area contributed by atoms with E-state index in [1.807, 2.05) is 54.6 Å². The fraction of sp³-hybridized carbons (Fsp3) is 0.192. The molecule has 0 amide bonds. The number of hydrogen-bond donors (Lipinski definition) is 2. The number of hydrogen-bond acceptors (Lipinski definition) is 5. The number of nitro groups is 1. The molecule has 0 aromatic heterocycles. The molecule has 0 spiro atoms. The van der Waals surface area contributed by atoms with E-state index >= 15 is 0 Å². The van der Waals surface area contributed by atoms with Gasteiger partial charge < -0.3 is 10.6 Å². The number of ketones is 1. The first-order valence-corrected chi connectivity index (χ1v) is 11.2. The van der Waals surface area contributed by atoms with Crippen molar-refractivity contribution in [1.82, 2.24) is 0 Å². The molecule has 1 aliphatic carbocycles. The Labute approximate surface area is 196 Å². The molecule has 1 heterocycles. The minimum Gasteiger partial charge on any atom is -0.372 e.